The lowest BCUT2D eigenvalue weighted by Crippen LogP contribution is -2.44. The molecule has 3 aliphatic rings. The third-order valence-corrected chi connectivity index (χ3v) is 9.16. The number of hydrogen-bond acceptors (Lipinski definition) is 5. The van der Waals surface area contributed by atoms with E-state index >= 15 is 0 Å². The molecule has 1 aliphatic heterocycles. The van der Waals surface area contributed by atoms with Gasteiger partial charge in [-0.1, -0.05) is 65.0 Å². The number of rotatable bonds is 8. The summed E-state index contributed by atoms with van der Waals surface area (Å²) in [5, 5.41) is 0. The summed E-state index contributed by atoms with van der Waals surface area (Å²) in [7, 11) is 0. The fraction of sp³-hybridized carbons (Fsp3) is 0.486. The Hall–Kier alpha value is -2.61. The van der Waals surface area contributed by atoms with Crippen molar-refractivity contribution in [2.45, 2.75) is 86.2 Å². The molecule has 1 heterocycles. The molecule has 2 aromatic carbocycles. The summed E-state index contributed by atoms with van der Waals surface area (Å²) < 4.78 is 13.4. The second-order valence-corrected chi connectivity index (χ2v) is 14.4. The van der Waals surface area contributed by atoms with Crippen LogP contribution in [0.1, 0.15) is 90.7 Å². The topological polar surface area (TPSA) is 55.8 Å². The van der Waals surface area contributed by atoms with E-state index in [2.05, 4.69) is 68.2 Å². The second-order valence-electron chi connectivity index (χ2n) is 13.2. The maximum Gasteiger partial charge on any atom is 0.174 e. The molecule has 0 fully saturated rings. The number of allylic oxidation sites excluding steroid dienone is 4. The molecule has 6 heteroatoms. The Bertz CT molecular complexity index is 1370. The molecule has 2 aromatic rings. The minimum atomic E-state index is -0.392. The summed E-state index contributed by atoms with van der Waals surface area (Å²) >= 11 is 2.31. The molecule has 0 saturated heterocycles. The van der Waals surface area contributed by atoms with Gasteiger partial charge in [0.05, 0.1) is 10.2 Å². The highest BCUT2D eigenvalue weighted by Crippen LogP contribution is 2.55. The first kappa shape index (κ1) is 29.9. The minimum Gasteiger partial charge on any atom is -0.490 e. The number of ketones is 2. The van der Waals surface area contributed by atoms with Gasteiger partial charge in [-0.2, -0.15) is 0 Å². The summed E-state index contributed by atoms with van der Waals surface area (Å²) in [6.45, 7) is 14.6. The molecule has 41 heavy (non-hydrogen) atoms. The molecule has 0 N–H and O–H groups in total. The number of nitrogens with zero attached hydrogens (tertiary/aromatic N) is 1. The summed E-state index contributed by atoms with van der Waals surface area (Å²) in [6.07, 6.45) is 3.56. The van der Waals surface area contributed by atoms with Crippen LogP contribution in [0.4, 0.5) is 0 Å². The van der Waals surface area contributed by atoms with Gasteiger partial charge in [-0.3, -0.25) is 9.59 Å². The van der Waals surface area contributed by atoms with E-state index in [0.29, 0.717) is 37.6 Å². The van der Waals surface area contributed by atoms with Gasteiger partial charge >= 0.3 is 0 Å². The average molecular weight is 668 g/mol. The molecular formula is C35H42INO4. The van der Waals surface area contributed by atoms with Crippen LogP contribution in [0.3, 0.4) is 0 Å². The van der Waals surface area contributed by atoms with Crippen molar-refractivity contribution < 1.29 is 19.1 Å². The van der Waals surface area contributed by atoms with Crippen LogP contribution in [0.5, 0.6) is 11.5 Å². The van der Waals surface area contributed by atoms with Gasteiger partial charge in [0.25, 0.3) is 0 Å². The molecule has 5 nitrogen and oxygen atoms in total. The highest BCUT2D eigenvalue weighted by atomic mass is 127. The monoisotopic (exact) mass is 667 g/mol. The lowest BCUT2D eigenvalue weighted by atomic mass is 9.63. The summed E-state index contributed by atoms with van der Waals surface area (Å²) in [6, 6.07) is 14.2. The third kappa shape index (κ3) is 5.99. The predicted molar refractivity (Wildman–Crippen MR) is 171 cm³/mol. The van der Waals surface area contributed by atoms with Gasteiger partial charge in [0.2, 0.25) is 0 Å². The molecule has 0 aromatic heterocycles. The van der Waals surface area contributed by atoms with E-state index in [1.165, 1.54) is 0 Å². The zero-order valence-corrected chi connectivity index (χ0v) is 27.4. The van der Waals surface area contributed by atoms with Crippen molar-refractivity contribution in [2.24, 2.45) is 10.8 Å². The number of benzene rings is 2. The van der Waals surface area contributed by atoms with E-state index in [-0.39, 0.29) is 22.4 Å². The van der Waals surface area contributed by atoms with Crippen LogP contribution in [-0.2, 0) is 16.2 Å². The van der Waals surface area contributed by atoms with Crippen molar-refractivity contribution in [3.05, 3.63) is 79.7 Å². The number of carbonyl (C=O) groups is 2. The van der Waals surface area contributed by atoms with Crippen molar-refractivity contribution in [3.8, 4) is 11.5 Å². The summed E-state index contributed by atoms with van der Waals surface area (Å²) in [5.74, 6) is 1.26. The highest BCUT2D eigenvalue weighted by Gasteiger charge is 2.49. The van der Waals surface area contributed by atoms with Crippen LogP contribution in [0.25, 0.3) is 0 Å². The Kier molecular flexibility index (Phi) is 8.44. The Morgan fingerprint density at radius 3 is 1.98 bits per heavy atom. The van der Waals surface area contributed by atoms with E-state index < -0.39 is 5.92 Å². The highest BCUT2D eigenvalue weighted by molar-refractivity contribution is 14.1. The molecular weight excluding hydrogens is 625 g/mol. The Labute approximate surface area is 258 Å². The van der Waals surface area contributed by atoms with Crippen LogP contribution >= 0.6 is 22.6 Å². The maximum absolute atomic E-state index is 14.0. The lowest BCUT2D eigenvalue weighted by Gasteiger charge is -2.49. The quantitative estimate of drug-likeness (QED) is 0.265. The number of carbonyl (C=O) groups excluding carboxylic acids is 2. The Morgan fingerprint density at radius 2 is 1.44 bits per heavy atom. The van der Waals surface area contributed by atoms with Crippen LogP contribution in [0.15, 0.2) is 65.0 Å². The van der Waals surface area contributed by atoms with Gasteiger partial charge in [0.1, 0.15) is 6.61 Å². The van der Waals surface area contributed by atoms with Crippen LogP contribution in [-0.4, -0.2) is 29.6 Å². The molecule has 0 radical (unpaired) electrons. The van der Waals surface area contributed by atoms with Crippen LogP contribution in [0.2, 0.25) is 0 Å². The zero-order valence-electron chi connectivity index (χ0n) is 25.2. The zero-order chi connectivity index (χ0) is 29.5. The van der Waals surface area contributed by atoms with Gasteiger partial charge in [-0.05, 0) is 82.9 Å². The van der Waals surface area contributed by atoms with Gasteiger partial charge in [-0.15, -0.1) is 0 Å². The molecule has 0 spiro atoms. The fourth-order valence-corrected chi connectivity index (χ4v) is 7.54. The first-order valence-corrected chi connectivity index (χ1v) is 16.0. The molecule has 0 saturated carbocycles. The van der Waals surface area contributed by atoms with Gasteiger partial charge < -0.3 is 14.4 Å². The van der Waals surface area contributed by atoms with Crippen molar-refractivity contribution >= 4 is 34.2 Å². The smallest absolute Gasteiger partial charge is 0.174 e. The fourth-order valence-electron chi connectivity index (χ4n) is 6.76. The van der Waals surface area contributed by atoms with Crippen LogP contribution < -0.4 is 9.47 Å². The average Bonchev–Trinajstić information content (AvgIpc) is 2.88. The van der Waals surface area contributed by atoms with Crippen LogP contribution in [0, 0.1) is 14.4 Å². The summed E-state index contributed by atoms with van der Waals surface area (Å²) in [5.41, 5.74) is 5.59. The molecule has 0 unspecified atom stereocenters. The largest absolute Gasteiger partial charge is 0.490 e. The van der Waals surface area contributed by atoms with E-state index in [9.17, 15) is 9.59 Å². The predicted octanol–water partition coefficient (Wildman–Crippen LogP) is 8.36. The summed E-state index contributed by atoms with van der Waals surface area (Å²) in [4.78, 5) is 30.4. The standard InChI is InChI=1S/C35H42INO4/c1-7-14-37-25-17-34(3,4)19-27(38)31(25)30(32-26(37)18-35(5,6)20-28(32)39)23-15-24(36)33(29(16-23)40-8-2)41-21-22-12-10-9-11-13-22/h9-13,15-16,30H,7-8,14,17-21H2,1-6H3. The molecule has 2 aliphatic carbocycles. The molecule has 0 atom stereocenters. The lowest BCUT2D eigenvalue weighted by molar-refractivity contribution is -0.119. The number of hydrogen-bond donors (Lipinski definition) is 0. The number of ether oxygens (including phenoxy) is 2. The molecule has 0 bridgehead atoms. The Morgan fingerprint density at radius 1 is 0.854 bits per heavy atom. The molecule has 5 rings (SSSR count). The SMILES string of the molecule is CCCN1C2=C(C(=O)CC(C)(C)C2)C(c2cc(I)c(OCc3ccccc3)c(OCC)c2)C2=C1CC(C)(C)CC2=O. The number of halogens is 1. The van der Waals surface area contributed by atoms with E-state index in [1.807, 2.05) is 43.3 Å². The van der Waals surface area contributed by atoms with E-state index in [4.69, 9.17) is 9.47 Å². The van der Waals surface area contributed by atoms with E-state index in [1.54, 1.807) is 0 Å². The van der Waals surface area contributed by atoms with Gasteiger partial charge in [0, 0.05) is 47.8 Å². The van der Waals surface area contributed by atoms with Gasteiger partial charge in [-0.25, -0.2) is 0 Å². The first-order chi connectivity index (χ1) is 19.4. The van der Waals surface area contributed by atoms with Crippen molar-refractivity contribution in [2.75, 3.05) is 13.2 Å². The van der Waals surface area contributed by atoms with Crippen molar-refractivity contribution in [1.29, 1.82) is 0 Å². The van der Waals surface area contributed by atoms with Crippen molar-refractivity contribution in [1.82, 2.24) is 4.90 Å². The van der Waals surface area contributed by atoms with E-state index in [0.717, 1.165) is 63.0 Å². The number of Topliss-reactive ketones (excluding diaryl/α,β-unsaturated/α-hetero) is 2. The molecule has 0 amide bonds. The minimum absolute atomic E-state index is 0.126. The maximum atomic E-state index is 14.0. The van der Waals surface area contributed by atoms with Crippen molar-refractivity contribution in [3.63, 3.8) is 0 Å². The first-order valence-electron chi connectivity index (χ1n) is 14.9. The molecule has 218 valence electrons. The normalized spacial score (nSPS) is 20.2. The second kappa shape index (κ2) is 11.6. The third-order valence-electron chi connectivity index (χ3n) is 8.36. The van der Waals surface area contributed by atoms with Gasteiger partial charge in [0.15, 0.2) is 23.1 Å². The Balaban J connectivity index is 1.68.